The Balaban J connectivity index is 1.43. The number of halogens is 3. The van der Waals surface area contributed by atoms with Gasteiger partial charge in [-0.1, -0.05) is 38.5 Å². The van der Waals surface area contributed by atoms with E-state index in [-0.39, 0.29) is 41.3 Å². The monoisotopic (exact) mass is 517 g/mol. The molecule has 2 aromatic carbocycles. The zero-order valence-corrected chi connectivity index (χ0v) is 21.8. The number of carboxylic acids is 1. The van der Waals surface area contributed by atoms with Crippen molar-refractivity contribution in [2.45, 2.75) is 108 Å². The van der Waals surface area contributed by atoms with Gasteiger partial charge in [0.1, 0.15) is 11.3 Å². The van der Waals surface area contributed by atoms with Crippen LogP contribution in [-0.4, -0.2) is 34.2 Å². The second-order valence-electron chi connectivity index (χ2n) is 11.3. The molecule has 2 aromatic rings. The molecule has 37 heavy (non-hydrogen) atoms. The Labute approximate surface area is 217 Å². The van der Waals surface area contributed by atoms with Crippen molar-refractivity contribution in [3.63, 3.8) is 0 Å². The van der Waals surface area contributed by atoms with Gasteiger partial charge in [-0.15, -0.1) is 0 Å². The number of carbonyl (C=O) groups is 1. The van der Waals surface area contributed by atoms with Crippen molar-refractivity contribution in [3.8, 4) is 5.75 Å². The summed E-state index contributed by atoms with van der Waals surface area (Å²) in [7, 11) is 0. The van der Waals surface area contributed by atoms with Gasteiger partial charge in [-0.2, -0.15) is 13.2 Å². The fourth-order valence-electron chi connectivity index (χ4n) is 7.31. The summed E-state index contributed by atoms with van der Waals surface area (Å²) in [6, 6.07) is 9.11. The molecular weight excluding hydrogens is 479 g/mol. The molecule has 2 saturated heterocycles. The minimum Gasteiger partial charge on any atom is -0.490 e. The lowest BCUT2D eigenvalue weighted by Gasteiger charge is -2.42. The van der Waals surface area contributed by atoms with Gasteiger partial charge in [-0.25, -0.2) is 0 Å². The number of carboxylic acid groups (broad SMARTS) is 1. The molecule has 3 aliphatic rings. The average Bonchev–Trinajstić information content (AvgIpc) is 3.11. The van der Waals surface area contributed by atoms with Crippen molar-refractivity contribution < 1.29 is 27.8 Å². The third-order valence-corrected chi connectivity index (χ3v) is 9.22. The molecule has 5 rings (SSSR count). The van der Waals surface area contributed by atoms with Crippen LogP contribution in [0.1, 0.15) is 95.2 Å². The van der Waals surface area contributed by atoms with E-state index in [0.29, 0.717) is 24.1 Å². The van der Waals surface area contributed by atoms with Crippen LogP contribution in [0.15, 0.2) is 30.3 Å². The first-order valence-electron chi connectivity index (χ1n) is 14.0. The van der Waals surface area contributed by atoms with E-state index in [1.54, 1.807) is 12.1 Å². The number of hydrogen-bond acceptors (Lipinski definition) is 3. The maximum absolute atomic E-state index is 14.3. The number of ether oxygens (including phenoxy) is 1. The highest BCUT2D eigenvalue weighted by molar-refractivity contribution is 5.89. The molecule has 202 valence electrons. The fourth-order valence-corrected chi connectivity index (χ4v) is 7.31. The van der Waals surface area contributed by atoms with Gasteiger partial charge < -0.3 is 9.84 Å². The summed E-state index contributed by atoms with van der Waals surface area (Å²) in [5.41, 5.74) is 0.324. The van der Waals surface area contributed by atoms with Crippen molar-refractivity contribution in [2.75, 3.05) is 0 Å². The number of piperidine rings is 1. The molecule has 0 radical (unpaired) electrons. The summed E-state index contributed by atoms with van der Waals surface area (Å²) in [5, 5.41) is 10.3. The lowest BCUT2D eigenvalue weighted by atomic mass is 9.86. The molecule has 3 fully saturated rings. The maximum atomic E-state index is 14.3. The predicted molar refractivity (Wildman–Crippen MR) is 138 cm³/mol. The van der Waals surface area contributed by atoms with Crippen LogP contribution < -0.4 is 4.74 Å². The van der Waals surface area contributed by atoms with Crippen LogP contribution in [0, 0.1) is 11.8 Å². The summed E-state index contributed by atoms with van der Waals surface area (Å²) in [5.74, 6) is -0.429. The van der Waals surface area contributed by atoms with Gasteiger partial charge in [0.05, 0.1) is 12.0 Å². The van der Waals surface area contributed by atoms with E-state index in [2.05, 4.69) is 18.7 Å². The zero-order valence-electron chi connectivity index (χ0n) is 21.8. The smallest absolute Gasteiger partial charge is 0.420 e. The van der Waals surface area contributed by atoms with Gasteiger partial charge >= 0.3 is 12.1 Å². The first-order valence-corrected chi connectivity index (χ1v) is 14.0. The van der Waals surface area contributed by atoms with Gasteiger partial charge in [0.15, 0.2) is 0 Å². The van der Waals surface area contributed by atoms with Crippen molar-refractivity contribution in [1.29, 1.82) is 0 Å². The molecule has 7 heteroatoms. The highest BCUT2D eigenvalue weighted by Crippen LogP contribution is 2.47. The normalized spacial score (nSPS) is 29.4. The Morgan fingerprint density at radius 3 is 2.27 bits per heavy atom. The standard InChI is InChI=1S/C30H38F3NO3/c1-3-18-5-11-24(12-6-18)37-27-14-8-19-15-20(7-13-25(19)28(27)30(31,32)33)26(4-2)34-22-9-10-23(34)17-21(16-22)29(35)36/h7-8,13-15,18,21-24,26H,3-6,9-12,16-17H2,1-2H3,(H,35,36)/t18-,21?,22?,23?,24+,26-/m1/s1. The number of rotatable bonds is 7. The van der Waals surface area contributed by atoms with Crippen molar-refractivity contribution in [1.82, 2.24) is 4.90 Å². The summed E-state index contributed by atoms with van der Waals surface area (Å²) in [6.45, 7) is 4.26. The number of benzene rings is 2. The molecule has 1 N–H and O–H groups in total. The second-order valence-corrected chi connectivity index (χ2v) is 11.3. The number of alkyl halides is 3. The highest BCUT2D eigenvalue weighted by Gasteiger charge is 2.46. The van der Waals surface area contributed by atoms with Crippen LogP contribution in [0.2, 0.25) is 0 Å². The molecule has 2 heterocycles. The summed E-state index contributed by atoms with van der Waals surface area (Å²) < 4.78 is 49.0. The number of hydrogen-bond donors (Lipinski definition) is 1. The Kier molecular flexibility index (Phi) is 7.45. The summed E-state index contributed by atoms with van der Waals surface area (Å²) in [4.78, 5) is 14.1. The van der Waals surface area contributed by atoms with Crippen LogP contribution in [-0.2, 0) is 11.0 Å². The number of nitrogens with zero attached hydrogens (tertiary/aromatic N) is 1. The first kappa shape index (κ1) is 26.3. The van der Waals surface area contributed by atoms with Crippen LogP contribution in [0.4, 0.5) is 13.2 Å². The van der Waals surface area contributed by atoms with E-state index in [1.807, 2.05) is 12.1 Å². The van der Waals surface area contributed by atoms with E-state index in [9.17, 15) is 23.1 Å². The topological polar surface area (TPSA) is 49.8 Å². The molecular formula is C30H38F3NO3. The summed E-state index contributed by atoms with van der Waals surface area (Å²) in [6.07, 6.45) is 4.11. The maximum Gasteiger partial charge on any atom is 0.420 e. The van der Waals surface area contributed by atoms with Gasteiger partial charge in [-0.3, -0.25) is 9.69 Å². The van der Waals surface area contributed by atoms with Crippen LogP contribution in [0.25, 0.3) is 10.8 Å². The molecule has 2 aliphatic heterocycles. The Bertz CT molecular complexity index is 1110. The van der Waals surface area contributed by atoms with Gasteiger partial charge in [0, 0.05) is 18.1 Å². The van der Waals surface area contributed by atoms with Crippen LogP contribution >= 0.6 is 0 Å². The summed E-state index contributed by atoms with van der Waals surface area (Å²) >= 11 is 0. The molecule has 2 bridgehead atoms. The van der Waals surface area contributed by atoms with Crippen molar-refractivity contribution in [3.05, 3.63) is 41.5 Å². The van der Waals surface area contributed by atoms with Crippen molar-refractivity contribution >= 4 is 16.7 Å². The van der Waals surface area contributed by atoms with E-state index in [1.165, 1.54) is 6.07 Å². The SMILES string of the molecule is CC[C@H](c1ccc2c(C(F)(F)F)c(O[C@H]3CC[C@@H](CC)CC3)ccc2c1)N1C2CCC1CC(C(=O)O)C2. The molecule has 0 amide bonds. The minimum atomic E-state index is -4.51. The molecule has 3 atom stereocenters. The average molecular weight is 518 g/mol. The predicted octanol–water partition coefficient (Wildman–Crippen LogP) is 7.98. The minimum absolute atomic E-state index is 0.0615. The second kappa shape index (κ2) is 10.5. The van der Waals surface area contributed by atoms with Crippen molar-refractivity contribution in [2.24, 2.45) is 11.8 Å². The Hall–Kier alpha value is -2.28. The van der Waals surface area contributed by atoms with E-state index >= 15 is 0 Å². The largest absolute Gasteiger partial charge is 0.490 e. The third-order valence-electron chi connectivity index (χ3n) is 9.22. The quantitative estimate of drug-likeness (QED) is 0.404. The molecule has 0 spiro atoms. The molecule has 2 unspecified atom stereocenters. The van der Waals surface area contributed by atoms with E-state index < -0.39 is 17.7 Å². The zero-order chi connectivity index (χ0) is 26.3. The van der Waals surface area contributed by atoms with Gasteiger partial charge in [-0.05, 0) is 92.2 Å². The molecule has 1 saturated carbocycles. The molecule has 0 aromatic heterocycles. The third kappa shape index (κ3) is 5.21. The van der Waals surface area contributed by atoms with Gasteiger partial charge in [0.25, 0.3) is 0 Å². The number of fused-ring (bicyclic) bond motifs is 3. The van der Waals surface area contributed by atoms with Crippen LogP contribution in [0.5, 0.6) is 5.75 Å². The highest BCUT2D eigenvalue weighted by atomic mass is 19.4. The van der Waals surface area contributed by atoms with Crippen LogP contribution in [0.3, 0.4) is 0 Å². The molecule has 4 nitrogen and oxygen atoms in total. The lowest BCUT2D eigenvalue weighted by molar-refractivity contribution is -0.145. The number of aliphatic carboxylic acids is 1. The van der Waals surface area contributed by atoms with E-state index in [0.717, 1.165) is 56.9 Å². The van der Waals surface area contributed by atoms with E-state index in [4.69, 9.17) is 4.74 Å². The molecule has 1 aliphatic carbocycles. The lowest BCUT2D eigenvalue weighted by Crippen LogP contribution is -2.46. The Morgan fingerprint density at radius 2 is 1.70 bits per heavy atom. The van der Waals surface area contributed by atoms with Gasteiger partial charge in [0.2, 0.25) is 0 Å². The fraction of sp³-hybridized carbons (Fsp3) is 0.633. The first-order chi connectivity index (χ1) is 17.7. The Morgan fingerprint density at radius 1 is 1.03 bits per heavy atom.